The number of amides is 1. The highest BCUT2D eigenvalue weighted by Gasteiger charge is 2.16. The monoisotopic (exact) mass is 293 g/mol. The molecule has 21 heavy (non-hydrogen) atoms. The molecule has 0 aromatic heterocycles. The fourth-order valence-electron chi connectivity index (χ4n) is 1.67. The van der Waals surface area contributed by atoms with Gasteiger partial charge in [-0.25, -0.2) is 0 Å². The first-order valence-electron chi connectivity index (χ1n) is 7.00. The van der Waals surface area contributed by atoms with E-state index in [1.807, 2.05) is 31.2 Å². The molecule has 0 unspecified atom stereocenters. The van der Waals surface area contributed by atoms with Gasteiger partial charge in [0.2, 0.25) is 5.91 Å². The van der Waals surface area contributed by atoms with Crippen LogP contribution in [0.15, 0.2) is 24.3 Å². The van der Waals surface area contributed by atoms with Crippen molar-refractivity contribution in [3.05, 3.63) is 29.8 Å². The summed E-state index contributed by atoms with van der Waals surface area (Å²) < 4.78 is 10.4. The van der Waals surface area contributed by atoms with Crippen LogP contribution < -0.4 is 10.1 Å². The van der Waals surface area contributed by atoms with E-state index >= 15 is 0 Å². The van der Waals surface area contributed by atoms with Crippen molar-refractivity contribution in [2.24, 2.45) is 0 Å². The summed E-state index contributed by atoms with van der Waals surface area (Å²) in [5.41, 5.74) is 0.317. The lowest BCUT2D eigenvalue weighted by atomic mass is 10.1. The van der Waals surface area contributed by atoms with Crippen LogP contribution in [0, 0.1) is 0 Å². The molecule has 0 aliphatic heterocycles. The van der Waals surface area contributed by atoms with Gasteiger partial charge in [-0.3, -0.25) is 9.59 Å². The van der Waals surface area contributed by atoms with Crippen LogP contribution in [0.4, 0.5) is 0 Å². The predicted octanol–water partition coefficient (Wildman–Crippen LogP) is 2.09. The van der Waals surface area contributed by atoms with Gasteiger partial charge >= 0.3 is 5.97 Å². The van der Waals surface area contributed by atoms with Crippen molar-refractivity contribution in [3.63, 3.8) is 0 Å². The Balaban J connectivity index is 2.38. The summed E-state index contributed by atoms with van der Waals surface area (Å²) in [4.78, 5) is 23.2. The summed E-state index contributed by atoms with van der Waals surface area (Å²) in [6.07, 6.45) is 0.217. The molecule has 0 bridgehead atoms. The molecular weight excluding hydrogens is 270 g/mol. The van der Waals surface area contributed by atoms with E-state index in [2.05, 4.69) is 5.32 Å². The van der Waals surface area contributed by atoms with E-state index in [0.29, 0.717) is 6.61 Å². The second-order valence-corrected chi connectivity index (χ2v) is 5.62. The highest BCUT2D eigenvalue weighted by molar-refractivity contribution is 5.83. The van der Waals surface area contributed by atoms with Gasteiger partial charge in [-0.2, -0.15) is 0 Å². The number of nitrogens with one attached hydrogen (secondary N) is 1. The maximum atomic E-state index is 11.7. The van der Waals surface area contributed by atoms with Gasteiger partial charge in [0.25, 0.3) is 0 Å². The Morgan fingerprint density at radius 1 is 1.14 bits per heavy atom. The third-order valence-electron chi connectivity index (χ3n) is 2.45. The Labute approximate surface area is 125 Å². The van der Waals surface area contributed by atoms with Crippen molar-refractivity contribution in [2.45, 2.75) is 39.7 Å². The molecule has 1 rings (SSSR count). The van der Waals surface area contributed by atoms with Gasteiger partial charge in [-0.15, -0.1) is 0 Å². The Morgan fingerprint density at radius 3 is 2.29 bits per heavy atom. The number of carbonyl (C=O) groups excluding carboxylic acids is 2. The quantitative estimate of drug-likeness (QED) is 0.816. The summed E-state index contributed by atoms with van der Waals surface area (Å²) >= 11 is 0. The van der Waals surface area contributed by atoms with Crippen LogP contribution in [0.2, 0.25) is 0 Å². The molecule has 1 aromatic rings. The number of esters is 1. The normalized spacial score (nSPS) is 10.9. The van der Waals surface area contributed by atoms with Gasteiger partial charge in [0.1, 0.15) is 17.9 Å². The molecule has 1 aromatic carbocycles. The molecule has 0 heterocycles. The first kappa shape index (κ1) is 17.0. The van der Waals surface area contributed by atoms with Crippen LogP contribution in [0.3, 0.4) is 0 Å². The minimum absolute atomic E-state index is 0.118. The van der Waals surface area contributed by atoms with Crippen LogP contribution in [0.5, 0.6) is 5.75 Å². The van der Waals surface area contributed by atoms with Crippen molar-refractivity contribution in [1.82, 2.24) is 5.32 Å². The summed E-state index contributed by atoms with van der Waals surface area (Å²) in [6, 6.07) is 7.30. The molecule has 0 spiro atoms. The fraction of sp³-hybridized carbons (Fsp3) is 0.500. The summed E-state index contributed by atoms with van der Waals surface area (Å²) in [6.45, 7) is 7.76. The Hall–Kier alpha value is -2.04. The third kappa shape index (κ3) is 7.34. The molecule has 1 N–H and O–H groups in total. The molecule has 0 fully saturated rings. The highest BCUT2D eigenvalue weighted by Crippen LogP contribution is 2.12. The van der Waals surface area contributed by atoms with Gasteiger partial charge in [0.15, 0.2) is 0 Å². The van der Waals surface area contributed by atoms with E-state index in [1.165, 1.54) is 0 Å². The van der Waals surface area contributed by atoms with Gasteiger partial charge in [-0.05, 0) is 45.4 Å². The molecule has 0 saturated carbocycles. The van der Waals surface area contributed by atoms with E-state index in [1.54, 1.807) is 20.8 Å². The maximum Gasteiger partial charge on any atom is 0.325 e. The first-order chi connectivity index (χ1) is 9.80. The van der Waals surface area contributed by atoms with Gasteiger partial charge in [-0.1, -0.05) is 12.1 Å². The predicted molar refractivity (Wildman–Crippen MR) is 80.2 cm³/mol. The largest absolute Gasteiger partial charge is 0.494 e. The van der Waals surface area contributed by atoms with E-state index in [4.69, 9.17) is 9.47 Å². The molecule has 5 nitrogen and oxygen atoms in total. The SMILES string of the molecule is CCOc1ccc(CC(=O)NCC(=O)OC(C)(C)C)cc1. The number of rotatable bonds is 6. The molecular formula is C16H23NO4. The highest BCUT2D eigenvalue weighted by atomic mass is 16.6. The van der Waals surface area contributed by atoms with Crippen LogP contribution in [0.1, 0.15) is 33.3 Å². The molecule has 0 atom stereocenters. The molecule has 0 aliphatic rings. The summed E-state index contributed by atoms with van der Waals surface area (Å²) in [7, 11) is 0. The van der Waals surface area contributed by atoms with E-state index in [9.17, 15) is 9.59 Å². The van der Waals surface area contributed by atoms with E-state index < -0.39 is 11.6 Å². The topological polar surface area (TPSA) is 64.6 Å². The second kappa shape index (κ2) is 7.67. The molecule has 116 valence electrons. The minimum atomic E-state index is -0.545. The van der Waals surface area contributed by atoms with E-state index in [-0.39, 0.29) is 18.9 Å². The smallest absolute Gasteiger partial charge is 0.325 e. The van der Waals surface area contributed by atoms with Gasteiger partial charge in [0, 0.05) is 0 Å². The summed E-state index contributed by atoms with van der Waals surface area (Å²) in [5.74, 6) is 0.114. The number of carbonyl (C=O) groups is 2. The van der Waals surface area contributed by atoms with Crippen molar-refractivity contribution in [1.29, 1.82) is 0 Å². The average molecular weight is 293 g/mol. The number of ether oxygens (including phenoxy) is 2. The molecule has 1 amide bonds. The average Bonchev–Trinajstić information content (AvgIpc) is 2.37. The van der Waals surface area contributed by atoms with Gasteiger partial charge < -0.3 is 14.8 Å². The maximum absolute atomic E-state index is 11.7. The lowest BCUT2D eigenvalue weighted by Crippen LogP contribution is -2.35. The first-order valence-corrected chi connectivity index (χ1v) is 7.00. The van der Waals surface area contributed by atoms with Crippen LogP contribution >= 0.6 is 0 Å². The van der Waals surface area contributed by atoms with Crippen molar-refractivity contribution < 1.29 is 19.1 Å². The fourth-order valence-corrected chi connectivity index (χ4v) is 1.67. The zero-order valence-corrected chi connectivity index (χ0v) is 13.1. The molecule has 0 aliphatic carbocycles. The zero-order chi connectivity index (χ0) is 15.9. The van der Waals surface area contributed by atoms with Gasteiger partial charge in [0.05, 0.1) is 13.0 Å². The second-order valence-electron chi connectivity index (χ2n) is 5.62. The van der Waals surface area contributed by atoms with Crippen molar-refractivity contribution >= 4 is 11.9 Å². The Bertz CT molecular complexity index is 474. The van der Waals surface area contributed by atoms with E-state index in [0.717, 1.165) is 11.3 Å². The van der Waals surface area contributed by atoms with Crippen LogP contribution in [0.25, 0.3) is 0 Å². The number of hydrogen-bond acceptors (Lipinski definition) is 4. The molecule has 0 radical (unpaired) electrons. The standard InChI is InChI=1S/C16H23NO4/c1-5-20-13-8-6-12(7-9-13)10-14(18)17-11-15(19)21-16(2,3)4/h6-9H,5,10-11H2,1-4H3,(H,17,18). The molecule has 5 heteroatoms. The zero-order valence-electron chi connectivity index (χ0n) is 13.1. The number of benzene rings is 1. The number of hydrogen-bond donors (Lipinski definition) is 1. The lowest BCUT2D eigenvalue weighted by Gasteiger charge is -2.19. The van der Waals surface area contributed by atoms with Crippen molar-refractivity contribution in [3.8, 4) is 5.75 Å². The minimum Gasteiger partial charge on any atom is -0.494 e. The lowest BCUT2D eigenvalue weighted by molar-refractivity contribution is -0.154. The summed E-state index contributed by atoms with van der Waals surface area (Å²) in [5, 5.41) is 2.55. The van der Waals surface area contributed by atoms with Crippen LogP contribution in [-0.2, 0) is 20.7 Å². The van der Waals surface area contributed by atoms with Crippen LogP contribution in [-0.4, -0.2) is 30.6 Å². The Kier molecular flexibility index (Phi) is 6.21. The molecule has 0 saturated heterocycles. The Morgan fingerprint density at radius 2 is 1.76 bits per heavy atom. The van der Waals surface area contributed by atoms with Crippen molar-refractivity contribution in [2.75, 3.05) is 13.2 Å². The third-order valence-corrected chi connectivity index (χ3v) is 2.45.